The first kappa shape index (κ1) is 17.4. The van der Waals surface area contributed by atoms with Crippen LogP contribution in [0.2, 0.25) is 0 Å². The fourth-order valence-corrected chi connectivity index (χ4v) is 2.78. The molecule has 3 aromatic rings. The Bertz CT molecular complexity index is 809. The van der Waals surface area contributed by atoms with E-state index in [4.69, 9.17) is 4.52 Å². The highest BCUT2D eigenvalue weighted by atomic mass is 35.5. The summed E-state index contributed by atoms with van der Waals surface area (Å²) in [6.07, 6.45) is 4.25. The second-order valence-electron chi connectivity index (χ2n) is 6.02. The van der Waals surface area contributed by atoms with Crippen molar-refractivity contribution < 1.29 is 4.52 Å². The van der Waals surface area contributed by atoms with Crippen molar-refractivity contribution in [2.45, 2.75) is 26.3 Å². The molecule has 0 radical (unpaired) electrons. The average molecular weight is 363 g/mol. The predicted octanol–water partition coefficient (Wildman–Crippen LogP) is 1.51. The largest absolute Gasteiger partial charge is 0.332 e. The van der Waals surface area contributed by atoms with Crippen LogP contribution < -0.4 is 5.32 Å². The molecule has 3 aromatic heterocycles. The van der Waals surface area contributed by atoms with Crippen LogP contribution in [-0.4, -0.2) is 48.4 Å². The summed E-state index contributed by atoms with van der Waals surface area (Å²) in [4.78, 5) is 4.33. The standard InChI is InChI=1S/C15H18N8O.ClH/c1-10-4-5-12(19-18-10)14-17-15(24-21-14)13-9-23(22-20-13)8-11-3-2-6-16-7-11;/h4-5,9,11,16H,2-3,6-8H2,1H3;1H. The van der Waals surface area contributed by atoms with Crippen molar-refractivity contribution in [1.29, 1.82) is 0 Å². The van der Waals surface area contributed by atoms with Gasteiger partial charge in [0.15, 0.2) is 5.69 Å². The normalized spacial score (nSPS) is 17.2. The van der Waals surface area contributed by atoms with Gasteiger partial charge in [-0.1, -0.05) is 10.4 Å². The number of aryl methyl sites for hydroxylation is 1. The van der Waals surface area contributed by atoms with Gasteiger partial charge in [-0.25, -0.2) is 0 Å². The quantitative estimate of drug-likeness (QED) is 0.744. The van der Waals surface area contributed by atoms with Crippen LogP contribution in [0.1, 0.15) is 18.5 Å². The van der Waals surface area contributed by atoms with Crippen LogP contribution in [0.15, 0.2) is 22.9 Å². The van der Waals surface area contributed by atoms with E-state index in [1.807, 2.05) is 29.9 Å². The van der Waals surface area contributed by atoms with Gasteiger partial charge in [-0.05, 0) is 50.9 Å². The first-order valence-electron chi connectivity index (χ1n) is 8.03. The van der Waals surface area contributed by atoms with E-state index >= 15 is 0 Å². The Morgan fingerprint density at radius 2 is 2.16 bits per heavy atom. The molecule has 0 bridgehead atoms. The lowest BCUT2D eigenvalue weighted by Crippen LogP contribution is -2.32. The summed E-state index contributed by atoms with van der Waals surface area (Å²) >= 11 is 0. The van der Waals surface area contributed by atoms with Crippen molar-refractivity contribution in [3.8, 4) is 23.1 Å². The fourth-order valence-electron chi connectivity index (χ4n) is 2.78. The lowest BCUT2D eigenvalue weighted by atomic mass is 10.00. The highest BCUT2D eigenvalue weighted by molar-refractivity contribution is 5.85. The van der Waals surface area contributed by atoms with Crippen LogP contribution in [0.5, 0.6) is 0 Å². The maximum Gasteiger partial charge on any atom is 0.280 e. The third-order valence-corrected chi connectivity index (χ3v) is 4.05. The minimum absolute atomic E-state index is 0. The van der Waals surface area contributed by atoms with Gasteiger partial charge in [0.25, 0.3) is 5.89 Å². The van der Waals surface area contributed by atoms with E-state index in [2.05, 4.69) is 36.0 Å². The number of nitrogens with one attached hydrogen (secondary N) is 1. The van der Waals surface area contributed by atoms with E-state index in [1.54, 1.807) is 0 Å². The lowest BCUT2D eigenvalue weighted by molar-refractivity contribution is 0.322. The number of halogens is 1. The lowest BCUT2D eigenvalue weighted by Gasteiger charge is -2.22. The third kappa shape index (κ3) is 3.99. The molecule has 1 saturated heterocycles. The van der Waals surface area contributed by atoms with Gasteiger partial charge in [0.1, 0.15) is 5.69 Å². The summed E-state index contributed by atoms with van der Waals surface area (Å²) in [5.41, 5.74) is 1.97. The van der Waals surface area contributed by atoms with Crippen LogP contribution >= 0.6 is 12.4 Å². The van der Waals surface area contributed by atoms with Crippen molar-refractivity contribution in [3.05, 3.63) is 24.0 Å². The number of hydrogen-bond acceptors (Lipinski definition) is 8. The Hall–Kier alpha value is -2.39. The molecule has 0 amide bonds. The molecule has 0 spiro atoms. The molecular formula is C15H19ClN8O. The molecule has 10 heteroatoms. The summed E-state index contributed by atoms with van der Waals surface area (Å²) < 4.78 is 7.12. The number of rotatable bonds is 4. The van der Waals surface area contributed by atoms with Gasteiger partial charge in [0, 0.05) is 6.54 Å². The molecule has 25 heavy (non-hydrogen) atoms. The number of piperidine rings is 1. The molecule has 9 nitrogen and oxygen atoms in total. The minimum atomic E-state index is 0. The molecule has 1 N–H and O–H groups in total. The molecule has 1 aliphatic heterocycles. The van der Waals surface area contributed by atoms with Crippen molar-refractivity contribution in [2.24, 2.45) is 5.92 Å². The molecule has 1 fully saturated rings. The number of hydrogen-bond donors (Lipinski definition) is 1. The highest BCUT2D eigenvalue weighted by Gasteiger charge is 2.17. The van der Waals surface area contributed by atoms with Crippen molar-refractivity contribution in [3.63, 3.8) is 0 Å². The van der Waals surface area contributed by atoms with Crippen molar-refractivity contribution in [2.75, 3.05) is 13.1 Å². The Labute approximate surface area is 150 Å². The van der Waals surface area contributed by atoms with Gasteiger partial charge in [0.2, 0.25) is 5.82 Å². The van der Waals surface area contributed by atoms with Crippen LogP contribution in [-0.2, 0) is 6.54 Å². The van der Waals surface area contributed by atoms with Gasteiger partial charge in [0.05, 0.1) is 11.9 Å². The second kappa shape index (κ2) is 7.66. The smallest absolute Gasteiger partial charge is 0.280 e. The summed E-state index contributed by atoms with van der Waals surface area (Å²) in [5.74, 6) is 1.30. The Morgan fingerprint density at radius 3 is 2.92 bits per heavy atom. The SMILES string of the molecule is Cc1ccc(-c2noc(-c3cn(CC4CCCNC4)nn3)n2)nn1.Cl. The van der Waals surface area contributed by atoms with E-state index in [0.717, 1.165) is 25.3 Å². The zero-order valence-electron chi connectivity index (χ0n) is 13.8. The van der Waals surface area contributed by atoms with E-state index in [-0.39, 0.29) is 12.4 Å². The van der Waals surface area contributed by atoms with Gasteiger partial charge >= 0.3 is 0 Å². The first-order chi connectivity index (χ1) is 11.8. The van der Waals surface area contributed by atoms with Gasteiger partial charge in [-0.15, -0.1) is 22.6 Å². The van der Waals surface area contributed by atoms with Crippen LogP contribution in [0.25, 0.3) is 23.1 Å². The summed E-state index contributed by atoms with van der Waals surface area (Å²) in [6, 6.07) is 3.66. The monoisotopic (exact) mass is 362 g/mol. The van der Waals surface area contributed by atoms with Crippen LogP contribution in [0.4, 0.5) is 0 Å². The summed E-state index contributed by atoms with van der Waals surface area (Å²) in [6.45, 7) is 4.83. The molecule has 132 valence electrons. The third-order valence-electron chi connectivity index (χ3n) is 4.05. The fraction of sp³-hybridized carbons (Fsp3) is 0.467. The zero-order valence-corrected chi connectivity index (χ0v) is 14.6. The molecule has 1 unspecified atom stereocenters. The molecule has 0 saturated carbocycles. The van der Waals surface area contributed by atoms with Crippen LogP contribution in [0, 0.1) is 12.8 Å². The maximum atomic E-state index is 5.28. The van der Waals surface area contributed by atoms with Gasteiger partial charge < -0.3 is 9.84 Å². The Balaban J connectivity index is 0.00000182. The van der Waals surface area contributed by atoms with E-state index in [1.165, 1.54) is 12.8 Å². The summed E-state index contributed by atoms with van der Waals surface area (Å²) in [7, 11) is 0. The Kier molecular flexibility index (Phi) is 5.34. The van der Waals surface area contributed by atoms with E-state index < -0.39 is 0 Å². The number of nitrogens with zero attached hydrogens (tertiary/aromatic N) is 7. The molecule has 0 aromatic carbocycles. The molecule has 4 heterocycles. The Morgan fingerprint density at radius 1 is 1.24 bits per heavy atom. The average Bonchev–Trinajstić information content (AvgIpc) is 3.26. The molecule has 1 atom stereocenters. The second-order valence-corrected chi connectivity index (χ2v) is 6.02. The van der Waals surface area contributed by atoms with Crippen molar-refractivity contribution in [1.82, 2.24) is 40.6 Å². The summed E-state index contributed by atoms with van der Waals surface area (Å²) in [5, 5.41) is 23.7. The molecule has 4 rings (SSSR count). The first-order valence-corrected chi connectivity index (χ1v) is 8.03. The maximum absolute atomic E-state index is 5.28. The predicted molar refractivity (Wildman–Crippen MR) is 91.9 cm³/mol. The van der Waals surface area contributed by atoms with E-state index in [9.17, 15) is 0 Å². The molecule has 1 aliphatic rings. The van der Waals surface area contributed by atoms with Crippen molar-refractivity contribution >= 4 is 12.4 Å². The van der Waals surface area contributed by atoms with Gasteiger partial charge in [-0.2, -0.15) is 10.1 Å². The van der Waals surface area contributed by atoms with Gasteiger partial charge in [-0.3, -0.25) is 4.68 Å². The zero-order chi connectivity index (χ0) is 16.4. The minimum Gasteiger partial charge on any atom is -0.332 e. The molecule has 0 aliphatic carbocycles. The molecular weight excluding hydrogens is 344 g/mol. The van der Waals surface area contributed by atoms with Crippen LogP contribution in [0.3, 0.4) is 0 Å². The number of aromatic nitrogens is 7. The highest BCUT2D eigenvalue weighted by Crippen LogP contribution is 2.19. The topological polar surface area (TPSA) is 107 Å². The van der Waals surface area contributed by atoms with E-state index in [0.29, 0.717) is 29.0 Å².